The van der Waals surface area contributed by atoms with E-state index in [1.807, 2.05) is 79.7 Å². The van der Waals surface area contributed by atoms with E-state index in [0.717, 1.165) is 22.7 Å². The summed E-state index contributed by atoms with van der Waals surface area (Å²) in [5.41, 5.74) is 3.64. The molecule has 0 aliphatic carbocycles. The summed E-state index contributed by atoms with van der Waals surface area (Å²) in [6.45, 7) is 2.03. The molecule has 1 heterocycles. The fraction of sp³-hybridized carbons (Fsp3) is 0.0909. The zero-order valence-corrected chi connectivity index (χ0v) is 15.8. The van der Waals surface area contributed by atoms with Crippen molar-refractivity contribution in [2.24, 2.45) is 0 Å². The van der Waals surface area contributed by atoms with Crippen LogP contribution in [0.2, 0.25) is 0 Å². The summed E-state index contributed by atoms with van der Waals surface area (Å²) in [6, 6.07) is 22.7. The van der Waals surface area contributed by atoms with Crippen molar-refractivity contribution < 1.29 is 9.53 Å². The second-order valence-corrected chi connectivity index (χ2v) is 6.59. The smallest absolute Gasteiger partial charge is 0.228 e. The second kappa shape index (κ2) is 8.35. The normalized spacial score (nSPS) is 10.5. The van der Waals surface area contributed by atoms with Crippen LogP contribution in [0, 0.1) is 6.92 Å². The highest BCUT2D eigenvalue weighted by Crippen LogP contribution is 2.23. The molecule has 144 valence electrons. The predicted octanol–water partition coefficient (Wildman–Crippen LogP) is 3.94. The minimum absolute atomic E-state index is 0.0904. The van der Waals surface area contributed by atoms with Gasteiger partial charge in [0.05, 0.1) is 12.1 Å². The minimum Gasteiger partial charge on any atom is -0.457 e. The molecule has 0 unspecified atom stereocenters. The maximum atomic E-state index is 12.3. The number of ether oxygens (including phenoxy) is 1. The van der Waals surface area contributed by atoms with Gasteiger partial charge in [-0.15, -0.1) is 5.10 Å². The Morgan fingerprint density at radius 3 is 2.21 bits per heavy atom. The van der Waals surface area contributed by atoms with Gasteiger partial charge in [-0.2, -0.15) is 0 Å². The van der Waals surface area contributed by atoms with E-state index in [4.69, 9.17) is 4.74 Å². The highest BCUT2D eigenvalue weighted by molar-refractivity contribution is 5.92. The van der Waals surface area contributed by atoms with Gasteiger partial charge in [0.2, 0.25) is 5.91 Å². The summed E-state index contributed by atoms with van der Waals surface area (Å²) >= 11 is 0. The lowest BCUT2D eigenvalue weighted by molar-refractivity contribution is -0.115. The van der Waals surface area contributed by atoms with E-state index in [9.17, 15) is 4.79 Å². The molecule has 1 amide bonds. The van der Waals surface area contributed by atoms with Crippen LogP contribution in [-0.4, -0.2) is 26.1 Å². The van der Waals surface area contributed by atoms with Crippen LogP contribution in [0.1, 0.15) is 11.1 Å². The Kier molecular flexibility index (Phi) is 5.29. The van der Waals surface area contributed by atoms with E-state index in [1.54, 1.807) is 4.68 Å². The van der Waals surface area contributed by atoms with E-state index in [0.29, 0.717) is 5.75 Å². The van der Waals surface area contributed by atoms with Crippen molar-refractivity contribution in [1.82, 2.24) is 20.2 Å². The Balaban J connectivity index is 1.33. The molecule has 29 heavy (non-hydrogen) atoms. The SMILES string of the molecule is Cc1ccc(Oc2ccc(NC(=O)Cc3ccc(-n4cnnn4)cc3)cc2)cc1. The minimum atomic E-state index is -0.0904. The Hall–Kier alpha value is -4.00. The highest BCUT2D eigenvalue weighted by Gasteiger charge is 2.06. The molecule has 0 aliphatic heterocycles. The van der Waals surface area contributed by atoms with E-state index in [-0.39, 0.29) is 12.3 Å². The van der Waals surface area contributed by atoms with Crippen molar-refractivity contribution in [1.29, 1.82) is 0 Å². The van der Waals surface area contributed by atoms with Crippen molar-refractivity contribution in [2.75, 3.05) is 5.32 Å². The van der Waals surface area contributed by atoms with Crippen LogP contribution in [0.25, 0.3) is 5.69 Å². The third kappa shape index (κ3) is 4.84. The molecule has 1 N–H and O–H groups in total. The number of rotatable bonds is 6. The van der Waals surface area contributed by atoms with Gasteiger partial charge < -0.3 is 10.1 Å². The maximum absolute atomic E-state index is 12.3. The first-order valence-corrected chi connectivity index (χ1v) is 9.12. The second-order valence-electron chi connectivity index (χ2n) is 6.59. The molecule has 0 spiro atoms. The largest absolute Gasteiger partial charge is 0.457 e. The number of carbonyl (C=O) groups excluding carboxylic acids is 1. The van der Waals surface area contributed by atoms with Crippen molar-refractivity contribution in [3.8, 4) is 17.2 Å². The first-order chi connectivity index (χ1) is 14.2. The van der Waals surface area contributed by atoms with Crippen molar-refractivity contribution in [2.45, 2.75) is 13.3 Å². The number of hydrogen-bond acceptors (Lipinski definition) is 5. The van der Waals surface area contributed by atoms with Crippen molar-refractivity contribution >= 4 is 11.6 Å². The maximum Gasteiger partial charge on any atom is 0.228 e. The molecule has 7 nitrogen and oxygen atoms in total. The molecular formula is C22H19N5O2. The molecule has 0 radical (unpaired) electrons. The van der Waals surface area contributed by atoms with Gasteiger partial charge in [0.25, 0.3) is 0 Å². The van der Waals surface area contributed by atoms with Crippen molar-refractivity contribution in [3.63, 3.8) is 0 Å². The number of aromatic nitrogens is 4. The topological polar surface area (TPSA) is 81.9 Å². The molecule has 0 saturated carbocycles. The molecule has 4 aromatic rings. The summed E-state index contributed by atoms with van der Waals surface area (Å²) in [5.74, 6) is 1.40. The van der Waals surface area contributed by atoms with Gasteiger partial charge in [-0.1, -0.05) is 29.8 Å². The fourth-order valence-electron chi connectivity index (χ4n) is 2.79. The van der Waals surface area contributed by atoms with Crippen LogP contribution in [-0.2, 0) is 11.2 Å². The van der Waals surface area contributed by atoms with Crippen molar-refractivity contribution in [3.05, 3.63) is 90.3 Å². The Labute approximate surface area is 168 Å². The monoisotopic (exact) mass is 385 g/mol. The average molecular weight is 385 g/mol. The lowest BCUT2D eigenvalue weighted by Crippen LogP contribution is -2.14. The number of carbonyl (C=O) groups is 1. The lowest BCUT2D eigenvalue weighted by atomic mass is 10.1. The molecule has 0 saturated heterocycles. The van der Waals surface area contributed by atoms with E-state index in [2.05, 4.69) is 20.8 Å². The number of nitrogens with zero attached hydrogens (tertiary/aromatic N) is 4. The van der Waals surface area contributed by atoms with Crippen LogP contribution < -0.4 is 10.1 Å². The zero-order valence-electron chi connectivity index (χ0n) is 15.8. The summed E-state index contributed by atoms with van der Waals surface area (Å²) in [7, 11) is 0. The standard InChI is InChI=1S/C22H19N5O2/c1-16-2-10-20(11-3-16)29-21-12-6-18(7-13-21)24-22(28)14-17-4-8-19(9-5-17)27-15-23-25-26-27/h2-13,15H,14H2,1H3,(H,24,28). The quantitative estimate of drug-likeness (QED) is 0.544. The predicted molar refractivity (Wildman–Crippen MR) is 109 cm³/mol. The zero-order chi connectivity index (χ0) is 20.1. The molecule has 4 rings (SSSR count). The molecule has 0 atom stereocenters. The molecular weight excluding hydrogens is 366 g/mol. The molecule has 3 aromatic carbocycles. The van der Waals surface area contributed by atoms with Gasteiger partial charge in [-0.3, -0.25) is 4.79 Å². The molecule has 0 fully saturated rings. The highest BCUT2D eigenvalue weighted by atomic mass is 16.5. The molecule has 0 bridgehead atoms. The van der Waals surface area contributed by atoms with Crippen LogP contribution >= 0.6 is 0 Å². The average Bonchev–Trinajstić information content (AvgIpc) is 3.27. The third-order valence-corrected chi connectivity index (χ3v) is 4.31. The van der Waals surface area contributed by atoms with Gasteiger partial charge in [0, 0.05) is 5.69 Å². The molecule has 7 heteroatoms. The van der Waals surface area contributed by atoms with Crippen LogP contribution in [0.5, 0.6) is 11.5 Å². The summed E-state index contributed by atoms with van der Waals surface area (Å²) < 4.78 is 7.36. The number of hydrogen-bond donors (Lipinski definition) is 1. The van der Waals surface area contributed by atoms with Crippen LogP contribution in [0.15, 0.2) is 79.1 Å². The van der Waals surface area contributed by atoms with Gasteiger partial charge in [-0.05, 0) is 71.4 Å². The Morgan fingerprint density at radius 2 is 1.59 bits per heavy atom. The Bertz CT molecular complexity index is 1070. The summed E-state index contributed by atoms with van der Waals surface area (Å²) in [5, 5.41) is 14.0. The molecule has 0 aliphatic rings. The number of aryl methyl sites for hydroxylation is 1. The van der Waals surface area contributed by atoms with Gasteiger partial charge >= 0.3 is 0 Å². The lowest BCUT2D eigenvalue weighted by Gasteiger charge is -2.09. The summed E-state index contributed by atoms with van der Waals surface area (Å²) in [6.07, 6.45) is 1.80. The third-order valence-electron chi connectivity index (χ3n) is 4.31. The number of anilines is 1. The first kappa shape index (κ1) is 18.4. The summed E-state index contributed by atoms with van der Waals surface area (Å²) in [4.78, 5) is 12.3. The van der Waals surface area contributed by atoms with E-state index in [1.165, 1.54) is 11.9 Å². The number of tetrazole rings is 1. The van der Waals surface area contributed by atoms with Gasteiger partial charge in [0.1, 0.15) is 17.8 Å². The number of amides is 1. The number of benzene rings is 3. The van der Waals surface area contributed by atoms with Gasteiger partial charge in [-0.25, -0.2) is 4.68 Å². The first-order valence-electron chi connectivity index (χ1n) is 9.12. The van der Waals surface area contributed by atoms with E-state index >= 15 is 0 Å². The molecule has 1 aromatic heterocycles. The number of nitrogens with one attached hydrogen (secondary N) is 1. The van der Waals surface area contributed by atoms with Crippen LogP contribution in [0.4, 0.5) is 5.69 Å². The Morgan fingerprint density at radius 1 is 0.931 bits per heavy atom. The van der Waals surface area contributed by atoms with Gasteiger partial charge in [0.15, 0.2) is 0 Å². The van der Waals surface area contributed by atoms with Crippen LogP contribution in [0.3, 0.4) is 0 Å². The fourth-order valence-corrected chi connectivity index (χ4v) is 2.79. The van der Waals surface area contributed by atoms with E-state index < -0.39 is 0 Å².